The number of sulfonamides is 1. The minimum atomic E-state index is -3.89. The van der Waals surface area contributed by atoms with Gasteiger partial charge in [-0.05, 0) is 75.5 Å². The summed E-state index contributed by atoms with van der Waals surface area (Å²) in [5.41, 5.74) is 2.42. The molecule has 0 bridgehead atoms. The van der Waals surface area contributed by atoms with E-state index in [0.29, 0.717) is 25.1 Å². The first-order valence-electron chi connectivity index (χ1n) is 15.0. The average Bonchev–Trinajstić information content (AvgIpc) is 3.92. The van der Waals surface area contributed by atoms with E-state index >= 15 is 0 Å². The van der Waals surface area contributed by atoms with Crippen molar-refractivity contribution in [3.63, 3.8) is 0 Å². The molecule has 1 heterocycles. The van der Waals surface area contributed by atoms with Crippen molar-refractivity contribution < 1.29 is 26.7 Å². The number of alkyl halides is 2. The standard InChI is InChI=1S/C31H39F2N7O4S/c1-5-40(6-2)19-30(15-16-30)45(42,43)39-25(41)22-9-13-24(14-10-22)34-26-35-27(37-28(36-26)44-20-29(4,32)33)38-31(17-18-31)23-11-7-21(3)8-12-23/h7-14H,5-6,15-20H2,1-4H3,(H,39,41)(H2,34,35,36,37,38). The van der Waals surface area contributed by atoms with Crippen LogP contribution < -0.4 is 20.1 Å². The minimum Gasteiger partial charge on any atom is -0.457 e. The van der Waals surface area contributed by atoms with Gasteiger partial charge in [0.15, 0.2) is 6.61 Å². The fourth-order valence-electron chi connectivity index (χ4n) is 5.05. The van der Waals surface area contributed by atoms with Gasteiger partial charge in [-0.25, -0.2) is 21.9 Å². The summed E-state index contributed by atoms with van der Waals surface area (Å²) >= 11 is 0. The second-order valence-corrected chi connectivity index (χ2v) is 14.1. The number of nitrogens with one attached hydrogen (secondary N) is 3. The number of hydrogen-bond acceptors (Lipinski definition) is 10. The van der Waals surface area contributed by atoms with E-state index in [1.54, 1.807) is 12.1 Å². The fourth-order valence-corrected chi connectivity index (χ4v) is 6.62. The van der Waals surface area contributed by atoms with Gasteiger partial charge in [-0.15, -0.1) is 0 Å². The maximum absolute atomic E-state index is 13.6. The third kappa shape index (κ3) is 7.85. The van der Waals surface area contributed by atoms with E-state index in [-0.39, 0.29) is 23.5 Å². The summed E-state index contributed by atoms with van der Waals surface area (Å²) in [5.74, 6) is -3.63. The SMILES string of the molecule is CCN(CC)CC1(S(=O)(=O)NC(=O)c2ccc(Nc3nc(NC4(c5ccc(C)cc5)CC4)nc(OCC(C)(F)F)n3)cc2)CC1. The summed E-state index contributed by atoms with van der Waals surface area (Å²) in [4.78, 5) is 27.8. The Bertz CT molecular complexity index is 1620. The highest BCUT2D eigenvalue weighted by atomic mass is 32.2. The van der Waals surface area contributed by atoms with Crippen LogP contribution in [0.3, 0.4) is 0 Å². The topological polar surface area (TPSA) is 138 Å². The Hall–Kier alpha value is -3.91. The van der Waals surface area contributed by atoms with E-state index in [4.69, 9.17) is 4.74 Å². The summed E-state index contributed by atoms with van der Waals surface area (Å²) in [7, 11) is -3.89. The first-order valence-corrected chi connectivity index (χ1v) is 16.5. The number of aromatic nitrogens is 3. The Morgan fingerprint density at radius 1 is 0.956 bits per heavy atom. The lowest BCUT2D eigenvalue weighted by atomic mass is 10.0. The van der Waals surface area contributed by atoms with E-state index in [0.717, 1.165) is 44.0 Å². The summed E-state index contributed by atoms with van der Waals surface area (Å²) in [6, 6.07) is 13.9. The summed E-state index contributed by atoms with van der Waals surface area (Å²) in [6.45, 7) is 7.60. The molecule has 3 N–H and O–H groups in total. The van der Waals surface area contributed by atoms with Crippen LogP contribution in [0.1, 0.15) is 67.9 Å². The van der Waals surface area contributed by atoms with E-state index in [1.807, 2.05) is 49.9 Å². The minimum absolute atomic E-state index is 0.0356. The molecule has 2 aliphatic rings. The van der Waals surface area contributed by atoms with Crippen molar-refractivity contribution >= 4 is 33.5 Å². The molecule has 0 spiro atoms. The second kappa shape index (κ2) is 12.5. The van der Waals surface area contributed by atoms with Crippen LogP contribution in [0.4, 0.5) is 26.4 Å². The predicted octanol–water partition coefficient (Wildman–Crippen LogP) is 4.99. The Morgan fingerprint density at radius 2 is 1.58 bits per heavy atom. The number of carbonyl (C=O) groups excluding carboxylic acids is 1. The smallest absolute Gasteiger partial charge is 0.323 e. The third-order valence-corrected chi connectivity index (χ3v) is 10.3. The number of rotatable bonds is 15. The molecule has 0 atom stereocenters. The molecule has 0 radical (unpaired) electrons. The van der Waals surface area contributed by atoms with Gasteiger partial charge in [0.1, 0.15) is 4.75 Å². The maximum atomic E-state index is 13.6. The van der Waals surface area contributed by atoms with Crippen molar-refractivity contribution in [2.24, 2.45) is 0 Å². The Labute approximate surface area is 262 Å². The molecule has 1 amide bonds. The summed E-state index contributed by atoms with van der Waals surface area (Å²) < 4.78 is 59.8. The molecule has 2 aromatic carbocycles. The zero-order chi connectivity index (χ0) is 32.5. The third-order valence-electron chi connectivity index (χ3n) is 8.19. The van der Waals surface area contributed by atoms with Crippen molar-refractivity contribution in [1.29, 1.82) is 0 Å². The number of halogens is 2. The van der Waals surface area contributed by atoms with Gasteiger partial charge in [0.25, 0.3) is 11.8 Å². The fraction of sp³-hybridized carbons (Fsp3) is 0.484. The zero-order valence-electron chi connectivity index (χ0n) is 25.9. The molecule has 5 rings (SSSR count). The lowest BCUT2D eigenvalue weighted by Gasteiger charge is -2.25. The first-order chi connectivity index (χ1) is 21.3. The van der Waals surface area contributed by atoms with E-state index < -0.39 is 38.7 Å². The molecular formula is C31H39F2N7O4S. The normalized spacial score (nSPS) is 16.6. The van der Waals surface area contributed by atoms with Gasteiger partial charge in [0.05, 0.1) is 5.54 Å². The Balaban J connectivity index is 1.30. The Morgan fingerprint density at radius 3 is 2.13 bits per heavy atom. The molecule has 2 fully saturated rings. The number of carbonyl (C=O) groups is 1. The summed E-state index contributed by atoms with van der Waals surface area (Å²) in [5, 5.41) is 6.32. The molecule has 11 nitrogen and oxygen atoms in total. The molecule has 2 aliphatic carbocycles. The number of aryl methyl sites for hydroxylation is 1. The van der Waals surface area contributed by atoms with Gasteiger partial charge < -0.3 is 20.3 Å². The van der Waals surface area contributed by atoms with Gasteiger partial charge in [-0.2, -0.15) is 15.0 Å². The van der Waals surface area contributed by atoms with Gasteiger partial charge in [0, 0.05) is 24.7 Å². The quantitative estimate of drug-likeness (QED) is 0.208. The van der Waals surface area contributed by atoms with Crippen LogP contribution in [0.2, 0.25) is 0 Å². The number of nitrogens with zero attached hydrogens (tertiary/aromatic N) is 4. The highest BCUT2D eigenvalue weighted by Crippen LogP contribution is 2.48. The van der Waals surface area contributed by atoms with Crippen LogP contribution in [-0.4, -0.2) is 71.1 Å². The zero-order valence-corrected chi connectivity index (χ0v) is 26.7. The van der Waals surface area contributed by atoms with Gasteiger partial charge in [-0.3, -0.25) is 4.79 Å². The molecular weight excluding hydrogens is 604 g/mol. The predicted molar refractivity (Wildman–Crippen MR) is 168 cm³/mol. The number of hydrogen-bond donors (Lipinski definition) is 3. The highest BCUT2D eigenvalue weighted by Gasteiger charge is 2.55. The molecule has 1 aromatic heterocycles. The molecule has 2 saturated carbocycles. The molecule has 242 valence electrons. The van der Waals surface area contributed by atoms with E-state index in [9.17, 15) is 22.0 Å². The molecule has 0 unspecified atom stereocenters. The van der Waals surface area contributed by atoms with Crippen molar-refractivity contribution in [3.8, 4) is 6.01 Å². The molecule has 45 heavy (non-hydrogen) atoms. The van der Waals surface area contributed by atoms with Gasteiger partial charge in [0.2, 0.25) is 21.9 Å². The highest BCUT2D eigenvalue weighted by molar-refractivity contribution is 7.91. The molecule has 0 saturated heterocycles. The van der Waals surface area contributed by atoms with E-state index in [2.05, 4.69) is 30.3 Å². The first kappa shape index (κ1) is 32.5. The van der Waals surface area contributed by atoms with Crippen LogP contribution >= 0.6 is 0 Å². The lowest BCUT2D eigenvalue weighted by molar-refractivity contribution is -0.0256. The van der Waals surface area contributed by atoms with Gasteiger partial charge in [-0.1, -0.05) is 43.7 Å². The summed E-state index contributed by atoms with van der Waals surface area (Å²) in [6.07, 6.45) is 2.68. The van der Waals surface area contributed by atoms with Crippen molar-refractivity contribution in [2.45, 2.75) is 69.6 Å². The van der Waals surface area contributed by atoms with Crippen LogP contribution in [0, 0.1) is 6.92 Å². The second-order valence-electron chi connectivity index (χ2n) is 12.0. The lowest BCUT2D eigenvalue weighted by Crippen LogP contribution is -2.46. The average molecular weight is 644 g/mol. The largest absolute Gasteiger partial charge is 0.457 e. The molecule has 0 aliphatic heterocycles. The maximum Gasteiger partial charge on any atom is 0.323 e. The number of ether oxygens (including phenoxy) is 1. The van der Waals surface area contributed by atoms with Crippen molar-refractivity contribution in [1.82, 2.24) is 24.6 Å². The number of benzene rings is 2. The van der Waals surface area contributed by atoms with Crippen LogP contribution in [0.5, 0.6) is 6.01 Å². The van der Waals surface area contributed by atoms with Gasteiger partial charge >= 0.3 is 6.01 Å². The number of anilines is 3. The van der Waals surface area contributed by atoms with E-state index in [1.165, 1.54) is 12.1 Å². The number of amides is 1. The van der Waals surface area contributed by atoms with Crippen LogP contribution in [0.25, 0.3) is 0 Å². The van der Waals surface area contributed by atoms with Crippen LogP contribution in [0.15, 0.2) is 48.5 Å². The monoisotopic (exact) mass is 643 g/mol. The van der Waals surface area contributed by atoms with Crippen molar-refractivity contribution in [3.05, 3.63) is 65.2 Å². The van der Waals surface area contributed by atoms with Crippen LogP contribution in [-0.2, 0) is 15.6 Å². The Kier molecular flexibility index (Phi) is 9.00. The van der Waals surface area contributed by atoms with Crippen molar-refractivity contribution in [2.75, 3.05) is 36.9 Å². The molecule has 14 heteroatoms. The molecule has 3 aromatic rings.